The average molecular weight is 402 g/mol. The highest BCUT2D eigenvalue weighted by atomic mass is 16.3. The maximum absolute atomic E-state index is 13.9. The topological polar surface area (TPSA) is 73.0 Å². The molecule has 3 aromatic rings. The van der Waals surface area contributed by atoms with E-state index in [9.17, 15) is 4.79 Å². The monoisotopic (exact) mass is 402 g/mol. The van der Waals surface area contributed by atoms with Gasteiger partial charge in [-0.05, 0) is 68.1 Å². The Morgan fingerprint density at radius 1 is 1.10 bits per heavy atom. The first-order valence-electron chi connectivity index (χ1n) is 10.9. The fourth-order valence-electron chi connectivity index (χ4n) is 6.91. The zero-order valence-electron chi connectivity index (χ0n) is 16.9. The van der Waals surface area contributed by atoms with Crippen LogP contribution in [0.3, 0.4) is 0 Å². The summed E-state index contributed by atoms with van der Waals surface area (Å²) >= 11 is 0. The zero-order valence-corrected chi connectivity index (χ0v) is 16.9. The molecule has 4 aliphatic rings. The Bertz CT molecular complexity index is 1010. The Morgan fingerprint density at radius 3 is 2.57 bits per heavy atom. The zero-order chi connectivity index (χ0) is 20.2. The van der Waals surface area contributed by atoms with E-state index in [-0.39, 0.29) is 22.9 Å². The molecule has 6 nitrogen and oxygen atoms in total. The molecule has 1 aromatic carbocycles. The van der Waals surface area contributed by atoms with Crippen LogP contribution in [0.25, 0.3) is 0 Å². The molecule has 0 saturated heterocycles. The first kappa shape index (κ1) is 17.9. The molecule has 0 radical (unpaired) electrons. The van der Waals surface area contributed by atoms with Gasteiger partial charge in [-0.3, -0.25) is 4.79 Å². The molecule has 5 atom stereocenters. The van der Waals surface area contributed by atoms with Crippen molar-refractivity contribution in [2.24, 2.45) is 17.3 Å². The lowest BCUT2D eigenvalue weighted by atomic mass is 9.46. The summed E-state index contributed by atoms with van der Waals surface area (Å²) in [5.41, 5.74) is 0.636. The highest BCUT2D eigenvalue weighted by Gasteiger charge is 2.61. The van der Waals surface area contributed by atoms with Crippen LogP contribution in [0.15, 0.2) is 65.8 Å². The fourth-order valence-corrected chi connectivity index (χ4v) is 6.91. The van der Waals surface area contributed by atoms with Gasteiger partial charge in [-0.2, -0.15) is 5.10 Å². The lowest BCUT2D eigenvalue weighted by molar-refractivity contribution is -0.156. The maximum Gasteiger partial charge on any atom is 0.227 e. The van der Waals surface area contributed by atoms with Gasteiger partial charge in [0.2, 0.25) is 5.91 Å². The van der Waals surface area contributed by atoms with E-state index in [1.807, 2.05) is 53.5 Å². The molecule has 2 aromatic heterocycles. The quantitative estimate of drug-likeness (QED) is 0.698. The second-order valence-electron chi connectivity index (χ2n) is 9.64. The van der Waals surface area contributed by atoms with Crippen LogP contribution in [0, 0.1) is 17.3 Å². The maximum atomic E-state index is 13.9. The average Bonchev–Trinajstić information content (AvgIpc) is 3.46. The molecule has 1 N–H and O–H groups in total. The van der Waals surface area contributed by atoms with Crippen LogP contribution in [0.2, 0.25) is 0 Å². The van der Waals surface area contributed by atoms with Gasteiger partial charge in [0.05, 0.1) is 17.2 Å². The predicted octanol–water partition coefficient (Wildman–Crippen LogP) is 4.07. The van der Waals surface area contributed by atoms with Crippen LogP contribution in [-0.4, -0.2) is 20.7 Å². The molecule has 30 heavy (non-hydrogen) atoms. The number of furan rings is 1. The van der Waals surface area contributed by atoms with E-state index in [1.165, 1.54) is 6.42 Å². The van der Waals surface area contributed by atoms with Crippen molar-refractivity contribution < 1.29 is 9.21 Å². The molecule has 154 valence electrons. The van der Waals surface area contributed by atoms with E-state index in [0.29, 0.717) is 11.8 Å². The fraction of sp³-hybridized carbons (Fsp3) is 0.458. The number of rotatable bonds is 5. The number of aromatic nitrogens is 3. The second kappa shape index (κ2) is 6.56. The van der Waals surface area contributed by atoms with Crippen LogP contribution in [0.4, 0.5) is 0 Å². The third kappa shape index (κ3) is 2.73. The number of hydrogen-bond donors (Lipinski definition) is 1. The molecule has 0 spiro atoms. The van der Waals surface area contributed by atoms with Crippen molar-refractivity contribution in [3.05, 3.63) is 72.7 Å². The first-order chi connectivity index (χ1) is 14.7. The summed E-state index contributed by atoms with van der Waals surface area (Å²) in [5, 5.41) is 7.88. The van der Waals surface area contributed by atoms with Crippen LogP contribution in [0.5, 0.6) is 0 Å². The largest absolute Gasteiger partial charge is 0.467 e. The lowest BCUT2D eigenvalue weighted by Gasteiger charge is -2.61. The van der Waals surface area contributed by atoms with Gasteiger partial charge in [-0.25, -0.2) is 9.67 Å². The van der Waals surface area contributed by atoms with Gasteiger partial charge in [-0.1, -0.05) is 30.3 Å². The molecule has 1 amide bonds. The van der Waals surface area contributed by atoms with Crippen LogP contribution in [0.1, 0.15) is 55.9 Å². The van der Waals surface area contributed by atoms with E-state index >= 15 is 0 Å². The number of nitrogens with one attached hydrogen (secondary N) is 1. The molecule has 6 heteroatoms. The SMILES string of the molecule is O=C(N[C@@H](c1ccccc1)c1ccco1)C12C[C@H]3C[C@@H](C1)CC(n1cncn1)(C3)C2. The van der Waals surface area contributed by atoms with Crippen LogP contribution in [-0.2, 0) is 10.3 Å². The molecule has 4 aliphatic carbocycles. The first-order valence-corrected chi connectivity index (χ1v) is 10.9. The van der Waals surface area contributed by atoms with Gasteiger partial charge < -0.3 is 9.73 Å². The summed E-state index contributed by atoms with van der Waals surface area (Å²) in [6.07, 6.45) is 11.4. The normalized spacial score (nSPS) is 32.8. The van der Waals surface area contributed by atoms with E-state index < -0.39 is 0 Å². The van der Waals surface area contributed by atoms with Crippen molar-refractivity contribution >= 4 is 5.91 Å². The molecule has 4 bridgehead atoms. The Kier molecular flexibility index (Phi) is 3.92. The van der Waals surface area contributed by atoms with Crippen LogP contribution >= 0.6 is 0 Å². The number of benzene rings is 1. The van der Waals surface area contributed by atoms with E-state index in [2.05, 4.69) is 15.4 Å². The van der Waals surface area contributed by atoms with Gasteiger partial charge in [0.1, 0.15) is 24.5 Å². The van der Waals surface area contributed by atoms with Crippen LogP contribution < -0.4 is 5.32 Å². The molecule has 4 saturated carbocycles. The minimum Gasteiger partial charge on any atom is -0.467 e. The van der Waals surface area contributed by atoms with E-state index in [1.54, 1.807) is 12.6 Å². The third-order valence-corrected chi connectivity index (χ3v) is 7.65. The Hall–Kier alpha value is -2.89. The van der Waals surface area contributed by atoms with Crippen molar-refractivity contribution in [1.82, 2.24) is 20.1 Å². The van der Waals surface area contributed by atoms with Gasteiger partial charge >= 0.3 is 0 Å². The summed E-state index contributed by atoms with van der Waals surface area (Å²) in [6.45, 7) is 0. The van der Waals surface area contributed by atoms with E-state index in [4.69, 9.17) is 4.42 Å². The molecule has 4 fully saturated rings. The molecular weight excluding hydrogens is 376 g/mol. The van der Waals surface area contributed by atoms with Gasteiger partial charge in [0.25, 0.3) is 0 Å². The molecule has 2 heterocycles. The highest BCUT2D eigenvalue weighted by molar-refractivity contribution is 5.84. The summed E-state index contributed by atoms with van der Waals surface area (Å²) in [4.78, 5) is 18.1. The van der Waals surface area contributed by atoms with Crippen molar-refractivity contribution in [2.75, 3.05) is 0 Å². The van der Waals surface area contributed by atoms with Gasteiger partial charge in [-0.15, -0.1) is 0 Å². The minimum absolute atomic E-state index is 0.0646. The highest BCUT2D eigenvalue weighted by Crippen LogP contribution is 2.64. The van der Waals surface area contributed by atoms with Crippen molar-refractivity contribution in [1.29, 1.82) is 0 Å². The van der Waals surface area contributed by atoms with Gasteiger partial charge in [0.15, 0.2) is 0 Å². The van der Waals surface area contributed by atoms with Gasteiger partial charge in [0, 0.05) is 0 Å². The summed E-state index contributed by atoms with van der Waals surface area (Å²) in [7, 11) is 0. The number of carbonyl (C=O) groups is 1. The minimum atomic E-state index is -0.338. The molecule has 2 unspecified atom stereocenters. The Labute approximate surface area is 175 Å². The Morgan fingerprint density at radius 2 is 1.90 bits per heavy atom. The third-order valence-electron chi connectivity index (χ3n) is 7.65. The van der Waals surface area contributed by atoms with E-state index in [0.717, 1.165) is 43.4 Å². The van der Waals surface area contributed by atoms with Crippen molar-refractivity contribution in [3.8, 4) is 0 Å². The second-order valence-corrected chi connectivity index (χ2v) is 9.64. The number of amides is 1. The summed E-state index contributed by atoms with van der Waals surface area (Å²) in [6, 6.07) is 13.6. The number of hydrogen-bond acceptors (Lipinski definition) is 4. The summed E-state index contributed by atoms with van der Waals surface area (Å²) < 4.78 is 7.76. The Balaban J connectivity index is 1.34. The predicted molar refractivity (Wildman–Crippen MR) is 110 cm³/mol. The molecule has 0 aliphatic heterocycles. The number of carbonyl (C=O) groups excluding carboxylic acids is 1. The lowest BCUT2D eigenvalue weighted by Crippen LogP contribution is -2.61. The van der Waals surface area contributed by atoms with Crippen molar-refractivity contribution in [2.45, 2.75) is 50.1 Å². The van der Waals surface area contributed by atoms with Crippen molar-refractivity contribution in [3.63, 3.8) is 0 Å². The molecular formula is C24H26N4O2. The standard InChI is InChI=1S/C24H26N4O2/c29-22(27-21(20-7-4-8-30-20)19-5-2-1-3-6-19)23-10-17-9-18(11-23)13-24(12-17,14-23)28-16-25-15-26-28/h1-8,15-18,21H,9-14H2,(H,27,29)/t17-,18+,21-,23?,24?/m0/s1. The molecule has 7 rings (SSSR count). The summed E-state index contributed by atoms with van der Waals surface area (Å²) in [5.74, 6) is 2.09. The smallest absolute Gasteiger partial charge is 0.227 e. The number of nitrogens with zero attached hydrogens (tertiary/aromatic N) is 3.